The molecule has 0 aliphatic carbocycles. The van der Waals surface area contributed by atoms with Gasteiger partial charge < -0.3 is 10.2 Å². The fourth-order valence-electron chi connectivity index (χ4n) is 3.83. The zero-order valence-electron chi connectivity index (χ0n) is 15.1. The maximum Gasteiger partial charge on any atom is 0.418 e. The van der Waals surface area contributed by atoms with Crippen LogP contribution in [-0.4, -0.2) is 92.9 Å². The topological polar surface area (TPSA) is 181 Å². The van der Waals surface area contributed by atoms with Gasteiger partial charge in [0.25, 0.3) is 5.91 Å². The van der Waals surface area contributed by atoms with E-state index in [1.165, 1.54) is 16.0 Å². The molecule has 1 aromatic rings. The summed E-state index contributed by atoms with van der Waals surface area (Å²) in [5, 5.41) is 15.4. The zero-order chi connectivity index (χ0) is 20.6. The standard InChI is InChI=1S/C13H20N8O7S/c22-12(17-27-6-8-3-10(4-14-8)21-16-7-15-18-21)11-2-1-9-5-19(11)13(23)20(9)28-29(24,25)26/h7-11,14H,1-6H2,(H,17,22)(H,24,25,26)/t8-,9?,10+,11?/m1/s1. The van der Waals surface area contributed by atoms with E-state index in [2.05, 4.69) is 30.5 Å². The molecular weight excluding hydrogens is 412 g/mol. The Morgan fingerprint density at radius 1 is 1.38 bits per heavy atom. The molecule has 160 valence electrons. The van der Waals surface area contributed by atoms with Gasteiger partial charge in [0, 0.05) is 19.1 Å². The Morgan fingerprint density at radius 2 is 2.21 bits per heavy atom. The van der Waals surface area contributed by atoms with E-state index in [1.807, 2.05) is 0 Å². The maximum atomic E-state index is 12.4. The summed E-state index contributed by atoms with van der Waals surface area (Å²) in [6.45, 7) is 0.968. The second-order valence-corrected chi connectivity index (χ2v) is 8.04. The fraction of sp³-hybridized carbons (Fsp3) is 0.769. The molecule has 2 unspecified atom stereocenters. The first-order valence-corrected chi connectivity index (χ1v) is 10.3. The predicted octanol–water partition coefficient (Wildman–Crippen LogP) is -2.37. The lowest BCUT2D eigenvalue weighted by Gasteiger charge is -2.29. The molecule has 15 nitrogen and oxygen atoms in total. The van der Waals surface area contributed by atoms with E-state index in [4.69, 9.17) is 9.39 Å². The summed E-state index contributed by atoms with van der Waals surface area (Å²) in [5.41, 5.74) is 2.35. The number of hydroxylamine groups is 3. The summed E-state index contributed by atoms with van der Waals surface area (Å²) in [7, 11) is -4.83. The van der Waals surface area contributed by atoms with E-state index in [9.17, 15) is 18.0 Å². The van der Waals surface area contributed by atoms with Crippen molar-refractivity contribution in [1.29, 1.82) is 0 Å². The molecule has 3 fully saturated rings. The average molecular weight is 432 g/mol. The first kappa shape index (κ1) is 19.9. The van der Waals surface area contributed by atoms with E-state index in [0.29, 0.717) is 30.9 Å². The molecule has 1 aromatic heterocycles. The van der Waals surface area contributed by atoms with Crippen LogP contribution in [0.2, 0.25) is 0 Å². The summed E-state index contributed by atoms with van der Waals surface area (Å²) < 4.78 is 34.9. The third kappa shape index (κ3) is 4.30. The van der Waals surface area contributed by atoms with Crippen molar-refractivity contribution in [2.45, 2.75) is 43.4 Å². The number of nitrogens with zero attached hydrogens (tertiary/aromatic N) is 6. The van der Waals surface area contributed by atoms with Gasteiger partial charge in [0.2, 0.25) is 0 Å². The molecule has 3 N–H and O–H groups in total. The molecule has 2 bridgehead atoms. The van der Waals surface area contributed by atoms with Crippen molar-refractivity contribution in [1.82, 2.24) is 41.0 Å². The number of nitrogens with one attached hydrogen (secondary N) is 2. The van der Waals surface area contributed by atoms with Crippen LogP contribution in [0.25, 0.3) is 0 Å². The van der Waals surface area contributed by atoms with Crippen LogP contribution in [0.15, 0.2) is 6.33 Å². The van der Waals surface area contributed by atoms with E-state index in [0.717, 1.165) is 0 Å². The minimum atomic E-state index is -4.83. The van der Waals surface area contributed by atoms with Crippen molar-refractivity contribution in [3.63, 3.8) is 0 Å². The molecule has 4 atom stereocenters. The van der Waals surface area contributed by atoms with Crippen LogP contribution >= 0.6 is 0 Å². The number of urea groups is 1. The van der Waals surface area contributed by atoms with Crippen LogP contribution in [0, 0.1) is 0 Å². The summed E-state index contributed by atoms with van der Waals surface area (Å²) in [6.07, 6.45) is 2.70. The van der Waals surface area contributed by atoms with Crippen LogP contribution in [0.4, 0.5) is 4.79 Å². The van der Waals surface area contributed by atoms with Gasteiger partial charge in [0.1, 0.15) is 6.04 Å². The van der Waals surface area contributed by atoms with Crippen molar-refractivity contribution >= 4 is 22.3 Å². The second kappa shape index (κ2) is 7.79. The molecule has 4 rings (SSSR count). The number of carbonyl (C=O) groups is 2. The molecule has 16 heteroatoms. The molecule has 0 saturated carbocycles. The normalized spacial score (nSPS) is 29.5. The van der Waals surface area contributed by atoms with Crippen molar-refractivity contribution in [2.24, 2.45) is 0 Å². The first-order valence-electron chi connectivity index (χ1n) is 8.96. The summed E-state index contributed by atoms with van der Waals surface area (Å²) in [6, 6.07) is -2.15. The Kier molecular flexibility index (Phi) is 5.34. The minimum absolute atomic E-state index is 0.0193. The Balaban J connectivity index is 1.25. The van der Waals surface area contributed by atoms with E-state index in [1.54, 1.807) is 0 Å². The highest BCUT2D eigenvalue weighted by Crippen LogP contribution is 2.30. The van der Waals surface area contributed by atoms with Gasteiger partial charge >= 0.3 is 16.4 Å². The number of amides is 3. The molecule has 0 spiro atoms. The van der Waals surface area contributed by atoms with Crippen LogP contribution in [0.5, 0.6) is 0 Å². The van der Waals surface area contributed by atoms with Gasteiger partial charge in [-0.25, -0.2) is 10.3 Å². The molecule has 0 aromatic carbocycles. The van der Waals surface area contributed by atoms with Gasteiger partial charge in [0.15, 0.2) is 6.33 Å². The van der Waals surface area contributed by atoms with Gasteiger partial charge in [-0.3, -0.25) is 14.2 Å². The Bertz CT molecular complexity index is 865. The number of piperidine rings is 1. The Hall–Kier alpha value is -2.40. The number of fused-ring (bicyclic) bond motifs is 2. The van der Waals surface area contributed by atoms with Gasteiger partial charge in [-0.2, -0.15) is 18.3 Å². The third-order valence-electron chi connectivity index (χ3n) is 5.15. The smallest absolute Gasteiger partial charge is 0.309 e. The maximum absolute atomic E-state index is 12.4. The second-order valence-electron chi connectivity index (χ2n) is 7.04. The molecular formula is C13H20N8O7S. The molecule has 0 radical (unpaired) electrons. The SMILES string of the molecule is O=C(NOC[C@H]1C[C@H](n2ncnn2)CN1)C1CCC2CN1C(=O)N2OS(=O)(=O)O. The summed E-state index contributed by atoms with van der Waals surface area (Å²) in [5.74, 6) is -0.516. The van der Waals surface area contributed by atoms with Gasteiger partial charge in [-0.05, 0) is 24.5 Å². The van der Waals surface area contributed by atoms with Crippen molar-refractivity contribution in [2.75, 3.05) is 19.7 Å². The van der Waals surface area contributed by atoms with Crippen molar-refractivity contribution in [3.8, 4) is 0 Å². The number of rotatable bonds is 7. The fourth-order valence-corrected chi connectivity index (χ4v) is 4.22. The minimum Gasteiger partial charge on any atom is -0.309 e. The highest BCUT2D eigenvalue weighted by molar-refractivity contribution is 7.80. The Labute approximate surface area is 165 Å². The summed E-state index contributed by atoms with van der Waals surface area (Å²) >= 11 is 0. The number of hydrogen-bond donors (Lipinski definition) is 3. The van der Waals surface area contributed by atoms with Crippen LogP contribution in [0.1, 0.15) is 25.3 Å². The predicted molar refractivity (Wildman–Crippen MR) is 90.7 cm³/mol. The van der Waals surface area contributed by atoms with E-state index < -0.39 is 34.4 Å². The number of aromatic nitrogens is 4. The zero-order valence-corrected chi connectivity index (χ0v) is 15.9. The van der Waals surface area contributed by atoms with Crippen molar-refractivity contribution in [3.05, 3.63) is 6.33 Å². The first-order chi connectivity index (χ1) is 13.8. The van der Waals surface area contributed by atoms with Gasteiger partial charge in [0.05, 0.1) is 18.7 Å². The molecule has 29 heavy (non-hydrogen) atoms. The van der Waals surface area contributed by atoms with Crippen LogP contribution in [0.3, 0.4) is 0 Å². The molecule has 4 heterocycles. The number of hydrogen-bond acceptors (Lipinski definition) is 10. The average Bonchev–Trinajstić information content (AvgIpc) is 3.39. The van der Waals surface area contributed by atoms with Crippen LogP contribution in [-0.2, 0) is 24.3 Å². The lowest BCUT2D eigenvalue weighted by atomic mass is 10.0. The van der Waals surface area contributed by atoms with Gasteiger partial charge in [-0.1, -0.05) is 0 Å². The lowest BCUT2D eigenvalue weighted by molar-refractivity contribution is -0.139. The Morgan fingerprint density at radius 3 is 2.93 bits per heavy atom. The quantitative estimate of drug-likeness (QED) is 0.309. The largest absolute Gasteiger partial charge is 0.418 e. The highest BCUT2D eigenvalue weighted by atomic mass is 32.3. The molecule has 3 aliphatic rings. The molecule has 3 aliphatic heterocycles. The number of carbonyl (C=O) groups excluding carboxylic acids is 2. The third-order valence-corrected chi connectivity index (χ3v) is 5.50. The van der Waals surface area contributed by atoms with Crippen molar-refractivity contribution < 1.29 is 31.7 Å². The van der Waals surface area contributed by atoms with Gasteiger partial charge in [-0.15, -0.1) is 14.5 Å². The van der Waals surface area contributed by atoms with E-state index in [-0.39, 0.29) is 25.2 Å². The van der Waals surface area contributed by atoms with E-state index >= 15 is 0 Å². The number of tetrazole rings is 1. The highest BCUT2D eigenvalue weighted by Gasteiger charge is 2.49. The lowest BCUT2D eigenvalue weighted by Crippen LogP contribution is -2.50. The van der Waals surface area contributed by atoms with Crippen LogP contribution < -0.4 is 10.8 Å². The molecule has 3 saturated heterocycles. The summed E-state index contributed by atoms with van der Waals surface area (Å²) in [4.78, 5) is 32.8. The molecule has 3 amide bonds. The monoisotopic (exact) mass is 432 g/mol.